The predicted molar refractivity (Wildman–Crippen MR) is 106 cm³/mol. The molecule has 9 heteroatoms. The van der Waals surface area contributed by atoms with Crippen LogP contribution in [0.4, 0.5) is 0 Å². The predicted octanol–water partition coefficient (Wildman–Crippen LogP) is 1.84. The van der Waals surface area contributed by atoms with E-state index in [0.29, 0.717) is 12.8 Å². The Hall–Kier alpha value is -2.49. The molecule has 0 aromatic heterocycles. The first-order valence-corrected chi connectivity index (χ1v) is 9.99. The largest absolute Gasteiger partial charge is 0.461 e. The second-order valence-corrected chi connectivity index (χ2v) is 8.59. The van der Waals surface area contributed by atoms with Crippen molar-refractivity contribution < 1.29 is 43.2 Å². The van der Waals surface area contributed by atoms with Crippen molar-refractivity contribution in [1.82, 2.24) is 0 Å². The fraction of sp³-hybridized carbons (Fsp3) is 0.591. The molecule has 2 bridgehead atoms. The summed E-state index contributed by atoms with van der Waals surface area (Å²) in [5, 5.41) is 11.4. The number of rotatable bonds is 5. The number of fused-ring (bicyclic) bond motifs is 3. The van der Waals surface area contributed by atoms with Gasteiger partial charge in [0.1, 0.15) is 24.1 Å². The molecule has 0 aromatic carbocycles. The molecule has 1 fully saturated rings. The molecule has 1 saturated heterocycles. The van der Waals surface area contributed by atoms with Gasteiger partial charge >= 0.3 is 17.9 Å². The topological polar surface area (TPSA) is 118 Å². The van der Waals surface area contributed by atoms with Crippen molar-refractivity contribution in [3.8, 4) is 0 Å². The lowest BCUT2D eigenvalue weighted by atomic mass is 9.82. The molecule has 4 unspecified atom stereocenters. The van der Waals surface area contributed by atoms with Crippen molar-refractivity contribution in [3.63, 3.8) is 0 Å². The van der Waals surface area contributed by atoms with Crippen molar-refractivity contribution in [2.75, 3.05) is 13.7 Å². The molecule has 3 aliphatic rings. The Morgan fingerprint density at radius 2 is 1.97 bits per heavy atom. The van der Waals surface area contributed by atoms with Crippen LogP contribution in [0, 0.1) is 0 Å². The number of ether oxygens (including phenoxy) is 5. The Morgan fingerprint density at radius 3 is 2.55 bits per heavy atom. The van der Waals surface area contributed by atoms with Crippen LogP contribution in [0.1, 0.15) is 47.0 Å². The van der Waals surface area contributed by atoms with Crippen LogP contribution in [-0.2, 0) is 38.1 Å². The normalized spacial score (nSPS) is 34.7. The Bertz CT molecular complexity index is 897. The Kier molecular flexibility index (Phi) is 5.90. The molecule has 0 aliphatic carbocycles. The second kappa shape index (κ2) is 7.89. The van der Waals surface area contributed by atoms with E-state index in [-0.39, 0.29) is 35.5 Å². The maximum Gasteiger partial charge on any atom is 0.343 e. The van der Waals surface area contributed by atoms with E-state index in [1.165, 1.54) is 27.9 Å². The molecule has 0 aromatic rings. The summed E-state index contributed by atoms with van der Waals surface area (Å²) in [4.78, 5) is 36.4. The van der Waals surface area contributed by atoms with Crippen molar-refractivity contribution in [1.29, 1.82) is 0 Å². The third-order valence-electron chi connectivity index (χ3n) is 5.90. The Balaban J connectivity index is 2.19. The van der Waals surface area contributed by atoms with E-state index in [1.807, 2.05) is 0 Å². The van der Waals surface area contributed by atoms with Crippen LogP contribution in [0.2, 0.25) is 0 Å². The molecule has 0 radical (unpaired) electrons. The van der Waals surface area contributed by atoms with Crippen LogP contribution in [-0.4, -0.2) is 59.8 Å². The van der Waals surface area contributed by atoms with Gasteiger partial charge in [-0.05, 0) is 33.3 Å². The minimum atomic E-state index is -1.62. The van der Waals surface area contributed by atoms with E-state index >= 15 is 0 Å². The maximum atomic E-state index is 12.6. The highest BCUT2D eigenvalue weighted by atomic mass is 16.7. The minimum Gasteiger partial charge on any atom is -0.461 e. The molecular weight excluding hydrogens is 408 g/mol. The van der Waals surface area contributed by atoms with E-state index in [1.54, 1.807) is 13.0 Å². The Labute approximate surface area is 180 Å². The fourth-order valence-corrected chi connectivity index (χ4v) is 4.21. The first kappa shape index (κ1) is 23.2. The standard InChI is InChI=1S/C22H28O9/c1-12(2)18(24)29-16-10-21(5,26)22(27-6)8-7-20(4,31-22)9-15-17(16)14(19(25)30-15)11-28-13(3)23/h9,16,26H,1,7-8,10-11H2,2-6H3. The first-order valence-electron chi connectivity index (χ1n) is 9.99. The maximum absolute atomic E-state index is 12.6. The minimum absolute atomic E-state index is 0.0320. The molecule has 31 heavy (non-hydrogen) atoms. The lowest BCUT2D eigenvalue weighted by Crippen LogP contribution is -2.56. The molecule has 1 N–H and O–H groups in total. The molecule has 3 aliphatic heterocycles. The number of esters is 3. The number of hydrogen-bond donors (Lipinski definition) is 1. The summed E-state index contributed by atoms with van der Waals surface area (Å²) in [7, 11) is 1.44. The van der Waals surface area contributed by atoms with E-state index in [9.17, 15) is 19.5 Å². The summed E-state index contributed by atoms with van der Waals surface area (Å²) in [6.07, 6.45) is 1.20. The molecule has 0 spiro atoms. The number of aliphatic hydroxyl groups is 1. The summed E-state index contributed by atoms with van der Waals surface area (Å²) in [5.41, 5.74) is -2.14. The van der Waals surface area contributed by atoms with Gasteiger partial charge in [-0.2, -0.15) is 0 Å². The van der Waals surface area contributed by atoms with Crippen molar-refractivity contribution in [2.24, 2.45) is 0 Å². The van der Waals surface area contributed by atoms with Gasteiger partial charge in [0.05, 0.1) is 11.2 Å². The highest BCUT2D eigenvalue weighted by molar-refractivity contribution is 5.96. The quantitative estimate of drug-likeness (QED) is 0.391. The third-order valence-corrected chi connectivity index (χ3v) is 5.90. The summed E-state index contributed by atoms with van der Waals surface area (Å²) in [6.45, 7) is 9.24. The van der Waals surface area contributed by atoms with E-state index < -0.39 is 41.0 Å². The SMILES string of the molecule is C=C(C)C(=O)OC1CC(C)(O)C2(OC)CCC(C)(C=C3OC(=O)C(COC(C)=O)=C31)O2. The van der Waals surface area contributed by atoms with Gasteiger partial charge in [0, 0.05) is 38.0 Å². The van der Waals surface area contributed by atoms with Gasteiger partial charge in [0.2, 0.25) is 0 Å². The molecule has 3 rings (SSSR count). The van der Waals surface area contributed by atoms with Crippen molar-refractivity contribution in [3.05, 3.63) is 35.1 Å². The summed E-state index contributed by atoms with van der Waals surface area (Å²) >= 11 is 0. The van der Waals surface area contributed by atoms with Gasteiger partial charge in [-0.25, -0.2) is 9.59 Å². The van der Waals surface area contributed by atoms with Crippen LogP contribution < -0.4 is 0 Å². The lowest BCUT2D eigenvalue weighted by Gasteiger charge is -2.42. The average molecular weight is 436 g/mol. The molecular formula is C22H28O9. The molecule has 3 heterocycles. The highest BCUT2D eigenvalue weighted by Gasteiger charge is 2.60. The second-order valence-electron chi connectivity index (χ2n) is 8.59. The van der Waals surface area contributed by atoms with E-state index in [0.717, 1.165) is 0 Å². The molecule has 9 nitrogen and oxygen atoms in total. The Morgan fingerprint density at radius 1 is 1.29 bits per heavy atom. The van der Waals surface area contributed by atoms with Crippen LogP contribution >= 0.6 is 0 Å². The van der Waals surface area contributed by atoms with Crippen LogP contribution in [0.15, 0.2) is 35.1 Å². The number of hydrogen-bond acceptors (Lipinski definition) is 9. The van der Waals surface area contributed by atoms with Gasteiger partial charge in [0.25, 0.3) is 0 Å². The fourth-order valence-electron chi connectivity index (χ4n) is 4.21. The molecule has 4 atom stereocenters. The van der Waals surface area contributed by atoms with Crippen LogP contribution in [0.5, 0.6) is 0 Å². The van der Waals surface area contributed by atoms with Crippen molar-refractivity contribution >= 4 is 17.9 Å². The summed E-state index contributed by atoms with van der Waals surface area (Å²) in [6, 6.07) is 0. The summed E-state index contributed by atoms with van der Waals surface area (Å²) in [5.74, 6) is -3.25. The van der Waals surface area contributed by atoms with Crippen LogP contribution in [0.25, 0.3) is 0 Å². The van der Waals surface area contributed by atoms with E-state index in [4.69, 9.17) is 23.7 Å². The average Bonchev–Trinajstić information content (AvgIpc) is 3.16. The third kappa shape index (κ3) is 4.17. The van der Waals surface area contributed by atoms with Gasteiger partial charge < -0.3 is 28.8 Å². The number of carbonyl (C=O) groups is 3. The monoisotopic (exact) mass is 436 g/mol. The number of carbonyl (C=O) groups excluding carboxylic acids is 3. The molecule has 0 amide bonds. The molecule has 170 valence electrons. The van der Waals surface area contributed by atoms with Gasteiger partial charge in [-0.15, -0.1) is 0 Å². The first-order chi connectivity index (χ1) is 14.3. The lowest BCUT2D eigenvalue weighted by molar-refractivity contribution is -0.310. The summed E-state index contributed by atoms with van der Waals surface area (Å²) < 4.78 is 28.0. The molecule has 0 saturated carbocycles. The van der Waals surface area contributed by atoms with Gasteiger partial charge in [-0.3, -0.25) is 4.79 Å². The number of methoxy groups -OCH3 is 1. The van der Waals surface area contributed by atoms with Crippen LogP contribution in [0.3, 0.4) is 0 Å². The van der Waals surface area contributed by atoms with Gasteiger partial charge in [0.15, 0.2) is 5.79 Å². The zero-order valence-corrected chi connectivity index (χ0v) is 18.4. The smallest absolute Gasteiger partial charge is 0.343 e. The van der Waals surface area contributed by atoms with E-state index in [2.05, 4.69) is 6.58 Å². The zero-order valence-electron chi connectivity index (χ0n) is 18.4. The highest BCUT2D eigenvalue weighted by Crippen LogP contribution is 2.50. The van der Waals surface area contributed by atoms with Crippen molar-refractivity contribution in [2.45, 2.75) is 70.1 Å². The zero-order chi connectivity index (χ0) is 23.2. The van der Waals surface area contributed by atoms with Gasteiger partial charge in [-0.1, -0.05) is 6.58 Å².